The van der Waals surface area contributed by atoms with E-state index in [4.69, 9.17) is 5.73 Å². The lowest BCUT2D eigenvalue weighted by atomic mass is 9.87. The summed E-state index contributed by atoms with van der Waals surface area (Å²) in [6, 6.07) is 10.5. The molecule has 24 heavy (non-hydrogen) atoms. The van der Waals surface area contributed by atoms with Gasteiger partial charge >= 0.3 is 0 Å². The van der Waals surface area contributed by atoms with Crippen molar-refractivity contribution in [1.82, 2.24) is 5.32 Å². The molecule has 1 atom stereocenters. The van der Waals surface area contributed by atoms with Crippen molar-refractivity contribution in [2.45, 2.75) is 51.5 Å². The summed E-state index contributed by atoms with van der Waals surface area (Å²) in [5.74, 6) is 0.160. The second-order valence-electron chi connectivity index (χ2n) is 6.34. The molecule has 0 radical (unpaired) electrons. The van der Waals surface area contributed by atoms with Crippen molar-refractivity contribution < 1.29 is 4.79 Å². The van der Waals surface area contributed by atoms with Crippen molar-refractivity contribution in [3.63, 3.8) is 0 Å². The third-order valence-electron chi connectivity index (χ3n) is 4.44. The normalized spacial score (nSPS) is 16.1. The minimum Gasteiger partial charge on any atom is -0.399 e. The number of nitrogen functional groups attached to an aromatic ring is 1. The standard InChI is InChI=1S/C19H24N2OS.ClH/c1-13-8-10-16(23-13)5-3-7-19(22)21-18-6-2-4-14-12-15(20)9-11-17(14)18;/h8-12,18H,2-7,20H2,1H3,(H,21,22);1H. The van der Waals surface area contributed by atoms with Gasteiger partial charge in [-0.15, -0.1) is 23.7 Å². The summed E-state index contributed by atoms with van der Waals surface area (Å²) in [4.78, 5) is 15.0. The van der Waals surface area contributed by atoms with Gasteiger partial charge in [0, 0.05) is 21.9 Å². The number of hydrogen-bond acceptors (Lipinski definition) is 3. The lowest BCUT2D eigenvalue weighted by molar-refractivity contribution is -0.122. The fourth-order valence-corrected chi connectivity index (χ4v) is 4.23. The van der Waals surface area contributed by atoms with Crippen molar-refractivity contribution >= 4 is 35.3 Å². The Hall–Kier alpha value is -1.52. The van der Waals surface area contributed by atoms with Gasteiger partial charge in [-0.3, -0.25) is 4.79 Å². The third kappa shape index (κ3) is 4.74. The summed E-state index contributed by atoms with van der Waals surface area (Å²) in [5.41, 5.74) is 9.20. The van der Waals surface area contributed by atoms with E-state index in [-0.39, 0.29) is 24.4 Å². The maximum absolute atomic E-state index is 12.3. The summed E-state index contributed by atoms with van der Waals surface area (Å²) in [6.45, 7) is 2.12. The maximum Gasteiger partial charge on any atom is 0.220 e. The van der Waals surface area contributed by atoms with E-state index in [9.17, 15) is 4.79 Å². The van der Waals surface area contributed by atoms with Crippen LogP contribution in [0.1, 0.15) is 52.6 Å². The Morgan fingerprint density at radius 1 is 1.33 bits per heavy atom. The average Bonchev–Trinajstić information content (AvgIpc) is 2.92. The Balaban J connectivity index is 0.00000208. The minimum atomic E-state index is 0. The van der Waals surface area contributed by atoms with Crippen molar-refractivity contribution in [3.05, 3.63) is 51.2 Å². The number of fused-ring (bicyclic) bond motifs is 1. The number of nitrogens with one attached hydrogen (secondary N) is 1. The number of anilines is 1. The zero-order valence-corrected chi connectivity index (χ0v) is 15.6. The van der Waals surface area contributed by atoms with Gasteiger partial charge in [-0.05, 0) is 74.4 Å². The van der Waals surface area contributed by atoms with Crippen LogP contribution < -0.4 is 11.1 Å². The molecule has 0 aliphatic heterocycles. The van der Waals surface area contributed by atoms with Crippen molar-refractivity contribution in [1.29, 1.82) is 0 Å². The van der Waals surface area contributed by atoms with Crippen LogP contribution >= 0.6 is 23.7 Å². The number of rotatable bonds is 5. The van der Waals surface area contributed by atoms with Gasteiger partial charge in [0.2, 0.25) is 5.91 Å². The van der Waals surface area contributed by atoms with E-state index in [1.54, 1.807) is 0 Å². The Kier molecular flexibility index (Phi) is 6.69. The fourth-order valence-electron chi connectivity index (χ4n) is 3.29. The largest absolute Gasteiger partial charge is 0.399 e. The van der Waals surface area contributed by atoms with Gasteiger partial charge in [0.05, 0.1) is 6.04 Å². The summed E-state index contributed by atoms with van der Waals surface area (Å²) >= 11 is 1.82. The number of thiophene rings is 1. The number of aryl methyl sites for hydroxylation is 3. The van der Waals surface area contributed by atoms with Gasteiger partial charge in [-0.2, -0.15) is 0 Å². The van der Waals surface area contributed by atoms with E-state index in [1.165, 1.54) is 20.9 Å². The molecule has 5 heteroatoms. The first kappa shape index (κ1) is 18.8. The lowest BCUT2D eigenvalue weighted by Gasteiger charge is -2.26. The molecule has 1 unspecified atom stereocenters. The molecular formula is C19H25ClN2OS. The highest BCUT2D eigenvalue weighted by Gasteiger charge is 2.21. The Morgan fingerprint density at radius 3 is 2.92 bits per heavy atom. The fraction of sp³-hybridized carbons (Fsp3) is 0.421. The molecule has 0 fully saturated rings. The molecular weight excluding hydrogens is 340 g/mol. The van der Waals surface area contributed by atoms with Crippen molar-refractivity contribution in [3.8, 4) is 0 Å². The van der Waals surface area contributed by atoms with Crippen LogP contribution in [0.2, 0.25) is 0 Å². The van der Waals surface area contributed by atoms with Crippen LogP contribution in [0, 0.1) is 6.92 Å². The summed E-state index contributed by atoms with van der Waals surface area (Å²) in [7, 11) is 0. The van der Waals surface area contributed by atoms with E-state index >= 15 is 0 Å². The molecule has 1 aliphatic rings. The smallest absolute Gasteiger partial charge is 0.220 e. The molecule has 0 saturated carbocycles. The molecule has 1 heterocycles. The van der Waals surface area contributed by atoms with Crippen LogP contribution in [-0.2, 0) is 17.6 Å². The summed E-state index contributed by atoms with van der Waals surface area (Å²) in [5, 5.41) is 3.21. The van der Waals surface area contributed by atoms with Gasteiger partial charge in [0.1, 0.15) is 0 Å². The molecule has 0 bridgehead atoms. The molecule has 3 rings (SSSR count). The predicted octanol–water partition coefficient (Wildman–Crippen LogP) is 4.58. The number of hydrogen-bond donors (Lipinski definition) is 2. The second-order valence-corrected chi connectivity index (χ2v) is 7.71. The third-order valence-corrected chi connectivity index (χ3v) is 5.50. The van der Waals surface area contributed by atoms with Crippen LogP contribution in [0.5, 0.6) is 0 Å². The topological polar surface area (TPSA) is 55.1 Å². The van der Waals surface area contributed by atoms with Crippen molar-refractivity contribution in [2.24, 2.45) is 0 Å². The molecule has 0 spiro atoms. The van der Waals surface area contributed by atoms with Gasteiger partial charge in [0.25, 0.3) is 0 Å². The molecule has 3 N–H and O–H groups in total. The van der Waals surface area contributed by atoms with Crippen molar-refractivity contribution in [2.75, 3.05) is 5.73 Å². The van der Waals surface area contributed by atoms with Crippen LogP contribution in [0.4, 0.5) is 5.69 Å². The van der Waals surface area contributed by atoms with Gasteiger partial charge in [-0.25, -0.2) is 0 Å². The Bertz CT molecular complexity index is 698. The highest BCUT2D eigenvalue weighted by atomic mass is 35.5. The summed E-state index contributed by atoms with van der Waals surface area (Å²) in [6.07, 6.45) is 5.68. The van der Waals surface area contributed by atoms with Crippen LogP contribution in [0.25, 0.3) is 0 Å². The SMILES string of the molecule is Cc1ccc(CCCC(=O)NC2CCCc3cc(N)ccc32)s1.Cl. The predicted molar refractivity (Wildman–Crippen MR) is 104 cm³/mol. The van der Waals surface area contributed by atoms with E-state index in [0.29, 0.717) is 6.42 Å². The van der Waals surface area contributed by atoms with Gasteiger partial charge in [-0.1, -0.05) is 6.07 Å². The molecule has 1 aromatic carbocycles. The molecule has 2 aromatic rings. The number of carbonyl (C=O) groups excluding carboxylic acids is 1. The first-order valence-corrected chi connectivity index (χ1v) is 9.16. The van der Waals surface area contributed by atoms with E-state index in [0.717, 1.165) is 37.8 Å². The number of nitrogens with two attached hydrogens (primary N) is 1. The zero-order chi connectivity index (χ0) is 16.2. The number of amides is 1. The van der Waals surface area contributed by atoms with Crippen LogP contribution in [0.3, 0.4) is 0 Å². The number of carbonyl (C=O) groups is 1. The van der Waals surface area contributed by atoms with Gasteiger partial charge < -0.3 is 11.1 Å². The molecule has 1 aliphatic carbocycles. The maximum atomic E-state index is 12.3. The monoisotopic (exact) mass is 364 g/mol. The molecule has 130 valence electrons. The molecule has 0 saturated heterocycles. The number of halogens is 1. The Labute approximate surface area is 154 Å². The molecule has 3 nitrogen and oxygen atoms in total. The first-order chi connectivity index (χ1) is 11.1. The minimum absolute atomic E-state index is 0. The molecule has 1 aromatic heterocycles. The zero-order valence-electron chi connectivity index (χ0n) is 14.0. The number of benzene rings is 1. The van der Waals surface area contributed by atoms with Crippen LogP contribution in [-0.4, -0.2) is 5.91 Å². The Morgan fingerprint density at radius 2 is 2.17 bits per heavy atom. The van der Waals surface area contributed by atoms with E-state index in [1.807, 2.05) is 23.5 Å². The quantitative estimate of drug-likeness (QED) is 0.763. The molecule has 1 amide bonds. The highest BCUT2D eigenvalue weighted by molar-refractivity contribution is 7.11. The van der Waals surface area contributed by atoms with E-state index < -0.39 is 0 Å². The second kappa shape index (κ2) is 8.54. The first-order valence-electron chi connectivity index (χ1n) is 8.35. The average molecular weight is 365 g/mol. The lowest BCUT2D eigenvalue weighted by Crippen LogP contribution is -2.30. The summed E-state index contributed by atoms with van der Waals surface area (Å²) < 4.78 is 0. The van der Waals surface area contributed by atoms with Crippen LogP contribution in [0.15, 0.2) is 30.3 Å². The van der Waals surface area contributed by atoms with Gasteiger partial charge in [0.15, 0.2) is 0 Å². The highest BCUT2D eigenvalue weighted by Crippen LogP contribution is 2.31. The van der Waals surface area contributed by atoms with E-state index in [2.05, 4.69) is 30.4 Å².